The molecule has 0 radical (unpaired) electrons. The molecule has 0 saturated heterocycles. The maximum absolute atomic E-state index is 12.8. The lowest BCUT2D eigenvalue weighted by molar-refractivity contribution is 0.348. The Morgan fingerprint density at radius 2 is 1.47 bits per heavy atom. The van der Waals surface area contributed by atoms with E-state index in [4.69, 9.17) is 14.2 Å². The molecule has 1 aliphatic rings. The third kappa shape index (κ3) is 7.62. The van der Waals surface area contributed by atoms with E-state index in [0.717, 1.165) is 72.9 Å². The number of H-pyrrole nitrogens is 2. The van der Waals surface area contributed by atoms with Crippen LogP contribution in [0.2, 0.25) is 0 Å². The molecule has 272 valence electrons. The standard InChI is InChI=1S/C19H20N4O3S.C19H18N4O2S/c1-11-9-21-16(12(2)17(11)25-3)10-27(24)19-22-14-5-4-13(8-15(14)23-19)18-20-6-7-26-18;1-13-17(20-8-7-18(13)25-2)12-26(24)19-21-15-6-5-14(11-16(15)22-19)23-9-3-4-10-23/h4-5,8-9H,6-7,10H2,1-3H3,(H,22,23);3-11H,12H2,1-2H3,(H,21,22). The Bertz CT molecular complexity index is 2510. The fourth-order valence-electron chi connectivity index (χ4n) is 6.01. The number of pyridine rings is 2. The van der Waals surface area contributed by atoms with E-state index in [0.29, 0.717) is 29.4 Å². The Morgan fingerprint density at radius 1 is 0.811 bits per heavy atom. The normalized spacial score (nSPS) is 13.6. The topological polar surface area (TPSA) is 162 Å². The van der Waals surface area contributed by atoms with Crippen LogP contribution in [0.5, 0.6) is 11.5 Å². The predicted molar refractivity (Wildman–Crippen MR) is 205 cm³/mol. The van der Waals surface area contributed by atoms with E-state index < -0.39 is 21.6 Å². The van der Waals surface area contributed by atoms with Crippen LogP contribution in [-0.2, 0) is 37.8 Å². The molecule has 53 heavy (non-hydrogen) atoms. The van der Waals surface area contributed by atoms with Crippen molar-refractivity contribution in [1.82, 2.24) is 34.5 Å². The maximum atomic E-state index is 12.8. The van der Waals surface area contributed by atoms with Crippen molar-refractivity contribution in [3.8, 4) is 17.2 Å². The second kappa shape index (κ2) is 15.5. The highest BCUT2D eigenvalue weighted by atomic mass is 32.2. The maximum Gasteiger partial charge on any atom is 0.216 e. The molecule has 2 unspecified atom stereocenters. The third-order valence-electron chi connectivity index (χ3n) is 8.83. The number of methoxy groups -OCH3 is 2. The third-order valence-corrected chi connectivity index (χ3v) is 11.2. The molecule has 2 N–H and O–H groups in total. The first-order valence-corrected chi connectivity index (χ1v) is 19.4. The molecule has 0 spiro atoms. The van der Waals surface area contributed by atoms with Gasteiger partial charge in [-0.15, -0.1) is 0 Å². The molecular formula is C38H38N8O5S2. The van der Waals surface area contributed by atoms with E-state index in [9.17, 15) is 8.42 Å². The van der Waals surface area contributed by atoms with Gasteiger partial charge in [0.2, 0.25) is 5.90 Å². The van der Waals surface area contributed by atoms with Gasteiger partial charge in [-0.2, -0.15) is 0 Å². The molecule has 2 atom stereocenters. The first kappa shape index (κ1) is 35.7. The average Bonchev–Trinajstić information content (AvgIpc) is 4.00. The highest BCUT2D eigenvalue weighted by molar-refractivity contribution is 7.84. The Kier molecular flexibility index (Phi) is 10.5. The summed E-state index contributed by atoms with van der Waals surface area (Å²) < 4.78 is 43.9. The summed E-state index contributed by atoms with van der Waals surface area (Å²) in [6, 6.07) is 17.4. The number of fused-ring (bicyclic) bond motifs is 2. The largest absolute Gasteiger partial charge is 0.496 e. The van der Waals surface area contributed by atoms with Crippen LogP contribution in [0.15, 0.2) is 94.7 Å². The Morgan fingerprint density at radius 3 is 2.11 bits per heavy atom. The zero-order valence-electron chi connectivity index (χ0n) is 29.9. The van der Waals surface area contributed by atoms with Crippen LogP contribution in [0, 0.1) is 20.8 Å². The second-order valence-electron chi connectivity index (χ2n) is 12.3. The average molecular weight is 751 g/mol. The fraction of sp³-hybridized carbons (Fsp3) is 0.237. The molecule has 5 aromatic heterocycles. The van der Waals surface area contributed by atoms with E-state index in [1.165, 1.54) is 0 Å². The Hall–Kier alpha value is -5.67. The van der Waals surface area contributed by atoms with E-state index in [-0.39, 0.29) is 11.5 Å². The van der Waals surface area contributed by atoms with Gasteiger partial charge in [-0.1, -0.05) is 0 Å². The molecule has 0 aliphatic carbocycles. The van der Waals surface area contributed by atoms with E-state index in [1.54, 1.807) is 32.7 Å². The first-order valence-electron chi connectivity index (χ1n) is 16.8. The number of aromatic nitrogens is 7. The minimum absolute atomic E-state index is 0.269. The number of hydrogen-bond donors (Lipinski definition) is 2. The summed E-state index contributed by atoms with van der Waals surface area (Å²) in [5.74, 6) is 2.72. The van der Waals surface area contributed by atoms with Crippen molar-refractivity contribution < 1.29 is 22.6 Å². The van der Waals surface area contributed by atoms with Gasteiger partial charge in [0.1, 0.15) is 18.1 Å². The molecule has 13 nitrogen and oxygen atoms in total. The summed E-state index contributed by atoms with van der Waals surface area (Å²) in [6.45, 7) is 7.07. The molecule has 2 aromatic carbocycles. The van der Waals surface area contributed by atoms with Gasteiger partial charge in [0, 0.05) is 52.7 Å². The first-order chi connectivity index (χ1) is 25.7. The van der Waals surface area contributed by atoms with Gasteiger partial charge in [-0.3, -0.25) is 18.4 Å². The van der Waals surface area contributed by atoms with Crippen LogP contribution in [-0.4, -0.2) is 76.2 Å². The summed E-state index contributed by atoms with van der Waals surface area (Å²) in [6.07, 6.45) is 7.37. The number of imidazole rings is 2. The molecule has 15 heteroatoms. The zero-order valence-corrected chi connectivity index (χ0v) is 31.5. The summed E-state index contributed by atoms with van der Waals surface area (Å²) >= 11 is 0. The molecule has 6 heterocycles. The SMILES string of the molecule is COc1c(C)cnc(CS(=O)c2nc3ccc(C4=NCCO4)cc3[nH]2)c1C.COc1ccnc(CS(=O)c2nc3ccc(-n4cccc4)cc3[nH]2)c1C. The van der Waals surface area contributed by atoms with Crippen molar-refractivity contribution >= 4 is 49.6 Å². The van der Waals surface area contributed by atoms with Gasteiger partial charge in [0.15, 0.2) is 10.3 Å². The van der Waals surface area contributed by atoms with Gasteiger partial charge in [0.05, 0.1) is 87.3 Å². The number of aromatic amines is 2. The number of benzene rings is 2. The molecule has 8 rings (SSSR count). The lowest BCUT2D eigenvalue weighted by Gasteiger charge is -2.11. The van der Waals surface area contributed by atoms with Crippen LogP contribution in [0.3, 0.4) is 0 Å². The van der Waals surface area contributed by atoms with Gasteiger partial charge in [-0.05, 0) is 75.4 Å². The molecule has 0 saturated carbocycles. The number of aryl methyl sites for hydroxylation is 1. The summed E-state index contributed by atoms with van der Waals surface area (Å²) in [5, 5.41) is 0.880. The van der Waals surface area contributed by atoms with Crippen molar-refractivity contribution in [1.29, 1.82) is 0 Å². The minimum atomic E-state index is -1.35. The molecular weight excluding hydrogens is 713 g/mol. The number of ether oxygens (including phenoxy) is 3. The van der Waals surface area contributed by atoms with Crippen LogP contribution in [0.4, 0.5) is 0 Å². The summed E-state index contributed by atoms with van der Waals surface area (Å²) in [7, 11) is 0.575. The van der Waals surface area contributed by atoms with Gasteiger partial charge < -0.3 is 28.7 Å². The number of nitrogens with zero attached hydrogens (tertiary/aromatic N) is 6. The van der Waals surface area contributed by atoms with Gasteiger partial charge in [0.25, 0.3) is 0 Å². The number of aliphatic imine (C=N–C) groups is 1. The van der Waals surface area contributed by atoms with Crippen LogP contribution in [0.1, 0.15) is 33.6 Å². The smallest absolute Gasteiger partial charge is 0.216 e. The highest BCUT2D eigenvalue weighted by Crippen LogP contribution is 2.27. The minimum Gasteiger partial charge on any atom is -0.496 e. The number of nitrogens with one attached hydrogen (secondary N) is 2. The number of rotatable bonds is 10. The van der Waals surface area contributed by atoms with Crippen LogP contribution < -0.4 is 9.47 Å². The van der Waals surface area contributed by atoms with E-state index in [2.05, 4.69) is 34.9 Å². The van der Waals surface area contributed by atoms with E-state index in [1.807, 2.05) is 86.3 Å². The lowest BCUT2D eigenvalue weighted by atomic mass is 10.1. The van der Waals surface area contributed by atoms with Crippen molar-refractivity contribution in [2.45, 2.75) is 42.6 Å². The molecule has 7 aromatic rings. The zero-order chi connectivity index (χ0) is 37.1. The van der Waals surface area contributed by atoms with Crippen LogP contribution >= 0.6 is 0 Å². The van der Waals surface area contributed by atoms with Crippen molar-refractivity contribution in [2.24, 2.45) is 4.99 Å². The highest BCUT2D eigenvalue weighted by Gasteiger charge is 2.18. The van der Waals surface area contributed by atoms with Crippen LogP contribution in [0.25, 0.3) is 27.8 Å². The molecule has 0 fully saturated rings. The van der Waals surface area contributed by atoms with E-state index >= 15 is 0 Å². The van der Waals surface area contributed by atoms with Crippen molar-refractivity contribution in [3.63, 3.8) is 0 Å². The summed E-state index contributed by atoms with van der Waals surface area (Å²) in [4.78, 5) is 28.4. The van der Waals surface area contributed by atoms with Crippen molar-refractivity contribution in [2.75, 3.05) is 27.4 Å². The van der Waals surface area contributed by atoms with Gasteiger partial charge >= 0.3 is 0 Å². The lowest BCUT2D eigenvalue weighted by Crippen LogP contribution is -2.05. The Balaban J connectivity index is 0.000000164. The Labute approximate surface area is 310 Å². The van der Waals surface area contributed by atoms with Gasteiger partial charge in [-0.25, -0.2) is 15.0 Å². The predicted octanol–water partition coefficient (Wildman–Crippen LogP) is 6.04. The molecule has 0 amide bonds. The monoisotopic (exact) mass is 750 g/mol. The quantitative estimate of drug-likeness (QED) is 0.170. The molecule has 1 aliphatic heterocycles. The number of hydrogen-bond acceptors (Lipinski definition) is 10. The summed E-state index contributed by atoms with van der Waals surface area (Å²) in [5.41, 5.74) is 9.37. The second-order valence-corrected chi connectivity index (χ2v) is 15.0. The fourth-order valence-corrected chi connectivity index (χ4v) is 8.21. The van der Waals surface area contributed by atoms with Crippen molar-refractivity contribution in [3.05, 3.63) is 113 Å². The molecule has 0 bridgehead atoms.